The van der Waals surface area contributed by atoms with Gasteiger partial charge in [-0.3, -0.25) is 0 Å². The van der Waals surface area contributed by atoms with Gasteiger partial charge in [-0.05, 0) is 13.8 Å². The molecule has 0 aliphatic rings. The van der Waals surface area contributed by atoms with Crippen LogP contribution < -0.4 is 5.32 Å². The number of anilines is 1. The van der Waals surface area contributed by atoms with Gasteiger partial charge in [0, 0.05) is 12.1 Å². The smallest absolute Gasteiger partial charge is 0.137 e. The molecule has 0 radical (unpaired) electrons. The summed E-state index contributed by atoms with van der Waals surface area (Å²) < 4.78 is 0. The van der Waals surface area contributed by atoms with Gasteiger partial charge in [0.05, 0.1) is 0 Å². The van der Waals surface area contributed by atoms with Crippen LogP contribution >= 0.6 is 11.6 Å². The van der Waals surface area contributed by atoms with Crippen LogP contribution in [0.2, 0.25) is 5.15 Å². The number of nitrogens with zero attached hydrogens (tertiary/aromatic N) is 2. The molecule has 0 aliphatic carbocycles. The summed E-state index contributed by atoms with van der Waals surface area (Å²) in [6, 6.07) is 0. The Morgan fingerprint density at radius 1 is 1.55 bits per heavy atom. The van der Waals surface area contributed by atoms with Gasteiger partial charge in [0.2, 0.25) is 0 Å². The molecular weight excluding hydrogens is 162 g/mol. The molecule has 0 aliphatic heterocycles. The second kappa shape index (κ2) is 3.53. The van der Waals surface area contributed by atoms with E-state index < -0.39 is 0 Å². The minimum Gasteiger partial charge on any atom is -0.370 e. The molecule has 0 amide bonds. The Kier molecular flexibility index (Phi) is 2.65. The maximum atomic E-state index is 5.76. The summed E-state index contributed by atoms with van der Waals surface area (Å²) in [4.78, 5) is 7.86. The lowest BCUT2D eigenvalue weighted by Gasteiger charge is -2.04. The number of hydrogen-bond acceptors (Lipinski definition) is 3. The van der Waals surface area contributed by atoms with E-state index in [0.717, 1.165) is 17.9 Å². The number of hydrogen-bond donors (Lipinski definition) is 1. The summed E-state index contributed by atoms with van der Waals surface area (Å²) in [5, 5.41) is 3.59. The first-order valence-corrected chi connectivity index (χ1v) is 3.84. The van der Waals surface area contributed by atoms with Crippen molar-refractivity contribution in [1.29, 1.82) is 0 Å². The molecule has 0 saturated carbocycles. The van der Waals surface area contributed by atoms with Gasteiger partial charge in [-0.25, -0.2) is 9.97 Å². The summed E-state index contributed by atoms with van der Waals surface area (Å²) in [6.45, 7) is 4.74. The van der Waals surface area contributed by atoms with Crippen molar-refractivity contribution in [2.45, 2.75) is 13.8 Å². The minimum absolute atomic E-state index is 0.510. The minimum atomic E-state index is 0.510. The van der Waals surface area contributed by atoms with Crippen molar-refractivity contribution >= 4 is 17.4 Å². The lowest BCUT2D eigenvalue weighted by Crippen LogP contribution is -2.02. The van der Waals surface area contributed by atoms with Gasteiger partial charge in [-0.1, -0.05) is 11.6 Å². The van der Waals surface area contributed by atoms with E-state index in [2.05, 4.69) is 15.3 Å². The maximum absolute atomic E-state index is 5.76. The fourth-order valence-electron chi connectivity index (χ4n) is 0.774. The molecule has 0 fully saturated rings. The zero-order valence-electron chi connectivity index (χ0n) is 6.56. The van der Waals surface area contributed by atoms with Crippen LogP contribution in [0.15, 0.2) is 6.33 Å². The molecule has 1 aromatic rings. The first kappa shape index (κ1) is 8.27. The summed E-state index contributed by atoms with van der Waals surface area (Å²) >= 11 is 5.76. The fraction of sp³-hybridized carbons (Fsp3) is 0.429. The number of aromatic nitrogens is 2. The van der Waals surface area contributed by atoms with Crippen molar-refractivity contribution in [3.63, 3.8) is 0 Å². The Labute approximate surface area is 70.8 Å². The van der Waals surface area contributed by atoms with Gasteiger partial charge in [0.15, 0.2) is 0 Å². The van der Waals surface area contributed by atoms with E-state index in [1.54, 1.807) is 0 Å². The highest BCUT2D eigenvalue weighted by molar-refractivity contribution is 6.30. The van der Waals surface area contributed by atoms with Crippen LogP contribution in [0, 0.1) is 6.92 Å². The van der Waals surface area contributed by atoms with Gasteiger partial charge in [0.25, 0.3) is 0 Å². The van der Waals surface area contributed by atoms with Crippen LogP contribution in [-0.4, -0.2) is 16.5 Å². The van der Waals surface area contributed by atoms with Crippen LogP contribution in [0.4, 0.5) is 5.82 Å². The lowest BCUT2D eigenvalue weighted by atomic mass is 10.3. The van der Waals surface area contributed by atoms with Crippen molar-refractivity contribution in [2.24, 2.45) is 0 Å². The molecule has 60 valence electrons. The van der Waals surface area contributed by atoms with Crippen LogP contribution in [0.3, 0.4) is 0 Å². The van der Waals surface area contributed by atoms with Crippen molar-refractivity contribution in [1.82, 2.24) is 9.97 Å². The van der Waals surface area contributed by atoms with Crippen LogP contribution in [-0.2, 0) is 0 Å². The normalized spacial score (nSPS) is 9.73. The molecule has 1 aromatic heterocycles. The Hall–Kier alpha value is -0.830. The molecule has 0 unspecified atom stereocenters. The van der Waals surface area contributed by atoms with E-state index in [-0.39, 0.29) is 0 Å². The van der Waals surface area contributed by atoms with Crippen molar-refractivity contribution in [3.8, 4) is 0 Å². The van der Waals surface area contributed by atoms with E-state index in [9.17, 15) is 0 Å². The molecule has 0 bridgehead atoms. The highest BCUT2D eigenvalue weighted by Gasteiger charge is 2.01. The van der Waals surface area contributed by atoms with Crippen molar-refractivity contribution in [2.75, 3.05) is 11.9 Å². The quantitative estimate of drug-likeness (QED) is 0.691. The monoisotopic (exact) mass is 171 g/mol. The largest absolute Gasteiger partial charge is 0.370 e. The Bertz CT molecular complexity index is 249. The second-order valence-corrected chi connectivity index (χ2v) is 2.53. The van der Waals surface area contributed by atoms with Crippen LogP contribution in [0.5, 0.6) is 0 Å². The Morgan fingerprint density at radius 3 is 2.91 bits per heavy atom. The van der Waals surface area contributed by atoms with Crippen LogP contribution in [0.25, 0.3) is 0 Å². The average molecular weight is 172 g/mol. The zero-order chi connectivity index (χ0) is 8.27. The summed E-state index contributed by atoms with van der Waals surface area (Å²) in [5.41, 5.74) is 0.899. The number of rotatable bonds is 2. The summed E-state index contributed by atoms with van der Waals surface area (Å²) in [7, 11) is 0. The molecular formula is C7H10ClN3. The molecule has 0 spiro atoms. The SMILES string of the molecule is CCNc1ncnc(Cl)c1C. The molecule has 3 nitrogen and oxygen atoms in total. The molecule has 0 atom stereocenters. The lowest BCUT2D eigenvalue weighted by molar-refractivity contribution is 1.08. The van der Waals surface area contributed by atoms with E-state index in [0.29, 0.717) is 5.15 Å². The van der Waals surface area contributed by atoms with Crippen molar-refractivity contribution < 1.29 is 0 Å². The highest BCUT2D eigenvalue weighted by Crippen LogP contribution is 2.16. The van der Waals surface area contributed by atoms with Crippen molar-refractivity contribution in [3.05, 3.63) is 17.0 Å². The Balaban J connectivity index is 2.96. The maximum Gasteiger partial charge on any atom is 0.137 e. The fourth-order valence-corrected chi connectivity index (χ4v) is 0.907. The zero-order valence-corrected chi connectivity index (χ0v) is 7.31. The van der Waals surface area contributed by atoms with Gasteiger partial charge < -0.3 is 5.32 Å². The molecule has 1 heterocycles. The second-order valence-electron chi connectivity index (χ2n) is 2.17. The predicted molar refractivity (Wildman–Crippen MR) is 45.9 cm³/mol. The molecule has 0 aromatic carbocycles. The summed E-state index contributed by atoms with van der Waals surface area (Å²) in [5.74, 6) is 0.813. The molecule has 4 heteroatoms. The molecule has 1 rings (SSSR count). The third-order valence-electron chi connectivity index (χ3n) is 1.37. The third kappa shape index (κ3) is 1.80. The number of halogens is 1. The van der Waals surface area contributed by atoms with Gasteiger partial charge in [0.1, 0.15) is 17.3 Å². The van der Waals surface area contributed by atoms with Gasteiger partial charge >= 0.3 is 0 Å². The van der Waals surface area contributed by atoms with Gasteiger partial charge in [-0.2, -0.15) is 0 Å². The van der Waals surface area contributed by atoms with Gasteiger partial charge in [-0.15, -0.1) is 0 Å². The third-order valence-corrected chi connectivity index (χ3v) is 1.75. The highest BCUT2D eigenvalue weighted by atomic mass is 35.5. The molecule has 0 saturated heterocycles. The van der Waals surface area contributed by atoms with E-state index in [1.807, 2.05) is 13.8 Å². The topological polar surface area (TPSA) is 37.8 Å². The predicted octanol–water partition coefficient (Wildman–Crippen LogP) is 1.87. The average Bonchev–Trinajstić information content (AvgIpc) is 1.99. The Morgan fingerprint density at radius 2 is 2.27 bits per heavy atom. The first-order chi connectivity index (χ1) is 5.25. The molecule has 11 heavy (non-hydrogen) atoms. The summed E-state index contributed by atoms with van der Waals surface area (Å²) in [6.07, 6.45) is 1.45. The standard InChI is InChI=1S/C7H10ClN3/c1-3-9-7-5(2)6(8)10-4-11-7/h4H,3H2,1-2H3,(H,9,10,11). The van der Waals surface area contributed by atoms with E-state index in [4.69, 9.17) is 11.6 Å². The van der Waals surface area contributed by atoms with E-state index >= 15 is 0 Å². The van der Waals surface area contributed by atoms with E-state index in [1.165, 1.54) is 6.33 Å². The van der Waals surface area contributed by atoms with Crippen LogP contribution in [0.1, 0.15) is 12.5 Å². The first-order valence-electron chi connectivity index (χ1n) is 3.46. The molecule has 1 N–H and O–H groups in total. The number of nitrogens with one attached hydrogen (secondary N) is 1.